The molecule has 6 nitrogen and oxygen atoms in total. The van der Waals surface area contributed by atoms with Gasteiger partial charge in [-0.25, -0.2) is 8.42 Å². The van der Waals surface area contributed by atoms with E-state index in [0.717, 1.165) is 48.3 Å². The molecule has 7 heteroatoms. The predicted molar refractivity (Wildman–Crippen MR) is 143 cm³/mol. The number of phenolic OH excluding ortho intramolecular Hbond substituents is 1. The number of morpholine rings is 1. The van der Waals surface area contributed by atoms with E-state index in [1.54, 1.807) is 42.5 Å². The van der Waals surface area contributed by atoms with E-state index in [4.69, 9.17) is 4.74 Å². The van der Waals surface area contributed by atoms with Crippen molar-refractivity contribution >= 4 is 27.4 Å². The summed E-state index contributed by atoms with van der Waals surface area (Å²) in [4.78, 5) is 2.52. The first-order chi connectivity index (χ1) is 17.4. The summed E-state index contributed by atoms with van der Waals surface area (Å²) in [6, 6.07) is 21.8. The summed E-state index contributed by atoms with van der Waals surface area (Å²) in [5.41, 5.74) is 6.52. The first-order valence-corrected chi connectivity index (χ1v) is 13.6. The van der Waals surface area contributed by atoms with Gasteiger partial charge in [-0.05, 0) is 72.9 Å². The van der Waals surface area contributed by atoms with Crippen LogP contribution in [0.25, 0.3) is 11.6 Å². The van der Waals surface area contributed by atoms with Crippen LogP contribution in [-0.2, 0) is 14.8 Å². The van der Waals surface area contributed by atoms with Crippen molar-refractivity contribution in [3.8, 4) is 5.75 Å². The third kappa shape index (κ3) is 5.17. The second-order valence-electron chi connectivity index (χ2n) is 9.16. The average Bonchev–Trinajstić information content (AvgIpc) is 3.29. The Bertz CT molecular complexity index is 1410. The first-order valence-electron chi connectivity index (χ1n) is 12.2. The molecule has 1 heterocycles. The standard InChI is InChI=1S/C29H30N2O4S/c1-21-7-11-25(12-8-21)36(33,34)30-24-10-14-28(32)27(20-24)26-13-9-23(19-22-5-3-2-4-6-22)29(26)31-15-17-35-18-16-31/h2-8,10-12,14,19-20,30,32H,9,13,15-18H2,1H3/b23-19-. The van der Waals surface area contributed by atoms with E-state index in [-0.39, 0.29) is 10.6 Å². The second kappa shape index (κ2) is 10.2. The van der Waals surface area contributed by atoms with Crippen molar-refractivity contribution in [3.05, 3.63) is 101 Å². The van der Waals surface area contributed by atoms with Crippen LogP contribution in [0.1, 0.15) is 29.5 Å². The molecule has 1 aliphatic heterocycles. The highest BCUT2D eigenvalue weighted by atomic mass is 32.2. The Morgan fingerprint density at radius 2 is 1.67 bits per heavy atom. The molecule has 1 aliphatic carbocycles. The van der Waals surface area contributed by atoms with Gasteiger partial charge in [-0.1, -0.05) is 48.0 Å². The Balaban J connectivity index is 1.54. The van der Waals surface area contributed by atoms with Crippen molar-refractivity contribution in [2.24, 2.45) is 0 Å². The third-order valence-corrected chi connectivity index (χ3v) is 8.00. The number of sulfonamides is 1. The van der Waals surface area contributed by atoms with Gasteiger partial charge in [-0.2, -0.15) is 0 Å². The van der Waals surface area contributed by atoms with E-state index in [0.29, 0.717) is 24.5 Å². The Morgan fingerprint density at radius 3 is 2.39 bits per heavy atom. The third-order valence-electron chi connectivity index (χ3n) is 6.61. The molecule has 3 aromatic carbocycles. The van der Waals surface area contributed by atoms with Gasteiger partial charge in [0.2, 0.25) is 0 Å². The van der Waals surface area contributed by atoms with Crippen molar-refractivity contribution in [3.63, 3.8) is 0 Å². The highest BCUT2D eigenvalue weighted by Crippen LogP contribution is 2.44. The zero-order valence-electron chi connectivity index (χ0n) is 20.3. The van der Waals surface area contributed by atoms with Gasteiger partial charge in [0.15, 0.2) is 0 Å². The Labute approximate surface area is 212 Å². The number of rotatable bonds is 6. The molecule has 0 atom stereocenters. The SMILES string of the molecule is Cc1ccc(S(=O)(=O)Nc2ccc(O)c(C3=C(N4CCOCC4)/C(=C\c4ccccc4)CC3)c2)cc1. The molecule has 0 unspecified atom stereocenters. The maximum atomic E-state index is 13.0. The minimum Gasteiger partial charge on any atom is -0.507 e. The number of hydrogen-bond acceptors (Lipinski definition) is 5. The first kappa shape index (κ1) is 24.2. The zero-order valence-corrected chi connectivity index (χ0v) is 21.1. The van der Waals surface area contributed by atoms with Gasteiger partial charge in [-0.15, -0.1) is 0 Å². The highest BCUT2D eigenvalue weighted by Gasteiger charge is 2.28. The Kier molecular flexibility index (Phi) is 6.85. The van der Waals surface area contributed by atoms with Gasteiger partial charge >= 0.3 is 0 Å². The van der Waals surface area contributed by atoms with Gasteiger partial charge in [0, 0.05) is 30.0 Å². The molecule has 5 rings (SSSR count). The normalized spacial score (nSPS) is 17.6. The maximum Gasteiger partial charge on any atom is 0.261 e. The van der Waals surface area contributed by atoms with Crippen molar-refractivity contribution < 1.29 is 18.3 Å². The highest BCUT2D eigenvalue weighted by molar-refractivity contribution is 7.92. The van der Waals surface area contributed by atoms with Gasteiger partial charge < -0.3 is 14.7 Å². The van der Waals surface area contributed by atoms with E-state index in [2.05, 4.69) is 27.8 Å². The van der Waals surface area contributed by atoms with E-state index < -0.39 is 10.0 Å². The number of nitrogens with one attached hydrogen (secondary N) is 1. The molecule has 0 amide bonds. The Hall–Kier alpha value is -3.55. The van der Waals surface area contributed by atoms with Crippen LogP contribution in [0.5, 0.6) is 5.75 Å². The average molecular weight is 503 g/mol. The minimum absolute atomic E-state index is 0.134. The van der Waals surface area contributed by atoms with Crippen molar-refractivity contribution in [2.45, 2.75) is 24.7 Å². The quantitative estimate of drug-likeness (QED) is 0.440. The van der Waals surface area contributed by atoms with Crippen LogP contribution in [0.4, 0.5) is 5.69 Å². The van der Waals surface area contributed by atoms with Crippen LogP contribution in [0.2, 0.25) is 0 Å². The van der Waals surface area contributed by atoms with Crippen molar-refractivity contribution in [2.75, 3.05) is 31.0 Å². The largest absolute Gasteiger partial charge is 0.507 e. The summed E-state index contributed by atoms with van der Waals surface area (Å²) < 4.78 is 34.2. The number of hydrogen-bond donors (Lipinski definition) is 2. The van der Waals surface area contributed by atoms with Crippen LogP contribution in [0.15, 0.2) is 89.0 Å². The van der Waals surface area contributed by atoms with Crippen LogP contribution in [0, 0.1) is 6.92 Å². The molecule has 3 aromatic rings. The van der Waals surface area contributed by atoms with Crippen LogP contribution < -0.4 is 4.72 Å². The van der Waals surface area contributed by atoms with Gasteiger partial charge in [0.05, 0.1) is 18.1 Å². The van der Waals surface area contributed by atoms with E-state index in [1.807, 2.05) is 25.1 Å². The van der Waals surface area contributed by atoms with E-state index in [1.165, 1.54) is 5.57 Å². The molecule has 0 radical (unpaired) electrons. The molecule has 186 valence electrons. The summed E-state index contributed by atoms with van der Waals surface area (Å²) >= 11 is 0. The van der Waals surface area contributed by atoms with E-state index >= 15 is 0 Å². The van der Waals surface area contributed by atoms with Crippen molar-refractivity contribution in [1.29, 1.82) is 0 Å². The molecule has 0 saturated carbocycles. The lowest BCUT2D eigenvalue weighted by molar-refractivity contribution is 0.0553. The lowest BCUT2D eigenvalue weighted by atomic mass is 10.0. The molecule has 1 saturated heterocycles. The maximum absolute atomic E-state index is 13.0. The number of benzene rings is 3. The Morgan fingerprint density at radius 1 is 0.944 bits per heavy atom. The second-order valence-corrected chi connectivity index (χ2v) is 10.8. The molecular weight excluding hydrogens is 472 g/mol. The molecule has 2 aliphatic rings. The molecule has 0 aromatic heterocycles. The summed E-state index contributed by atoms with van der Waals surface area (Å²) in [5.74, 6) is 0.134. The summed E-state index contributed by atoms with van der Waals surface area (Å²) in [6.45, 7) is 4.75. The number of aryl methyl sites for hydroxylation is 1. The number of ether oxygens (including phenoxy) is 1. The number of nitrogens with zero attached hydrogens (tertiary/aromatic N) is 1. The van der Waals surface area contributed by atoms with Crippen LogP contribution in [-0.4, -0.2) is 44.7 Å². The number of anilines is 1. The number of phenols is 1. The summed E-state index contributed by atoms with van der Waals surface area (Å²) in [6.07, 6.45) is 3.81. The lowest BCUT2D eigenvalue weighted by Gasteiger charge is -2.32. The number of aromatic hydroxyl groups is 1. The van der Waals surface area contributed by atoms with E-state index in [9.17, 15) is 13.5 Å². The zero-order chi connectivity index (χ0) is 25.1. The van der Waals surface area contributed by atoms with Crippen LogP contribution >= 0.6 is 0 Å². The van der Waals surface area contributed by atoms with Gasteiger partial charge in [0.25, 0.3) is 10.0 Å². The molecular formula is C29H30N2O4S. The molecule has 0 bridgehead atoms. The van der Waals surface area contributed by atoms with Gasteiger partial charge in [-0.3, -0.25) is 4.72 Å². The fourth-order valence-electron chi connectivity index (χ4n) is 4.80. The molecule has 1 fully saturated rings. The predicted octanol–water partition coefficient (Wildman–Crippen LogP) is 5.42. The van der Waals surface area contributed by atoms with Crippen LogP contribution in [0.3, 0.4) is 0 Å². The topological polar surface area (TPSA) is 78.9 Å². The minimum atomic E-state index is -3.75. The smallest absolute Gasteiger partial charge is 0.261 e. The molecule has 0 spiro atoms. The monoisotopic (exact) mass is 502 g/mol. The fraction of sp³-hybridized carbons (Fsp3) is 0.241. The lowest BCUT2D eigenvalue weighted by Crippen LogP contribution is -2.36. The fourth-order valence-corrected chi connectivity index (χ4v) is 5.85. The molecule has 36 heavy (non-hydrogen) atoms. The number of allylic oxidation sites excluding steroid dienone is 2. The van der Waals surface area contributed by atoms with Crippen molar-refractivity contribution in [1.82, 2.24) is 4.90 Å². The summed E-state index contributed by atoms with van der Waals surface area (Å²) in [7, 11) is -3.75. The summed E-state index contributed by atoms with van der Waals surface area (Å²) in [5, 5.41) is 10.9. The van der Waals surface area contributed by atoms with Gasteiger partial charge in [0.1, 0.15) is 5.75 Å². The molecule has 2 N–H and O–H groups in total.